The molecule has 0 N–H and O–H groups in total. The Bertz CT molecular complexity index is 167. The molecule has 0 heterocycles. The van der Waals surface area contributed by atoms with Crippen molar-refractivity contribution in [2.24, 2.45) is 0 Å². The first-order valence-electron chi connectivity index (χ1n) is 2.36. The van der Waals surface area contributed by atoms with E-state index >= 15 is 0 Å². The van der Waals surface area contributed by atoms with Crippen LogP contribution in [-0.4, -0.2) is 5.78 Å². The summed E-state index contributed by atoms with van der Waals surface area (Å²) < 4.78 is 0.838. The molecule has 0 aliphatic heterocycles. The van der Waals surface area contributed by atoms with Gasteiger partial charge in [-0.3, -0.25) is 4.79 Å². The molecule has 0 aromatic carbocycles. The van der Waals surface area contributed by atoms with Crippen LogP contribution >= 0.6 is 22.6 Å². The number of carbonyl (C=O) groups is 1. The van der Waals surface area contributed by atoms with Gasteiger partial charge in [-0.1, -0.05) is 12.2 Å². The molecule has 0 bridgehead atoms. The molecule has 0 atom stereocenters. The molecule has 0 fully saturated rings. The quantitative estimate of drug-likeness (QED) is 0.569. The SMILES string of the molecule is O=C1CC=CC=C1I. The molecule has 1 rings (SSSR count). The van der Waals surface area contributed by atoms with Gasteiger partial charge in [0, 0.05) is 6.42 Å². The Hall–Kier alpha value is -0.120. The fourth-order valence-electron chi connectivity index (χ4n) is 0.518. The van der Waals surface area contributed by atoms with Crippen molar-refractivity contribution in [2.75, 3.05) is 0 Å². The lowest BCUT2D eigenvalue weighted by molar-refractivity contribution is -0.114. The molecular formula is C6H5IO. The van der Waals surface area contributed by atoms with Crippen LogP contribution in [0, 0.1) is 0 Å². The summed E-state index contributed by atoms with van der Waals surface area (Å²) in [6.07, 6.45) is 6.18. The predicted octanol–water partition coefficient (Wildman–Crippen LogP) is 1.83. The lowest BCUT2D eigenvalue weighted by atomic mass is 10.2. The number of allylic oxidation sites excluding steroid dienone is 4. The summed E-state index contributed by atoms with van der Waals surface area (Å²) in [5.41, 5.74) is 0. The minimum atomic E-state index is 0.230. The van der Waals surface area contributed by atoms with Gasteiger partial charge >= 0.3 is 0 Å². The number of carbonyl (C=O) groups excluding carboxylic acids is 1. The molecule has 0 saturated heterocycles. The first-order chi connectivity index (χ1) is 3.80. The Labute approximate surface area is 61.6 Å². The van der Waals surface area contributed by atoms with Gasteiger partial charge in [-0.15, -0.1) is 0 Å². The number of ketones is 1. The molecule has 0 unspecified atom stereocenters. The average Bonchev–Trinajstić information content (AvgIpc) is 1.77. The zero-order valence-corrected chi connectivity index (χ0v) is 6.38. The van der Waals surface area contributed by atoms with Crippen molar-refractivity contribution in [2.45, 2.75) is 6.42 Å². The molecule has 8 heavy (non-hydrogen) atoms. The lowest BCUT2D eigenvalue weighted by Crippen LogP contribution is -1.96. The van der Waals surface area contributed by atoms with Gasteiger partial charge in [-0.05, 0) is 28.7 Å². The van der Waals surface area contributed by atoms with E-state index < -0.39 is 0 Å². The fraction of sp³-hybridized carbons (Fsp3) is 0.167. The van der Waals surface area contributed by atoms with Gasteiger partial charge in [-0.25, -0.2) is 0 Å². The second-order valence-electron chi connectivity index (χ2n) is 1.57. The molecule has 2 heteroatoms. The molecule has 1 nitrogen and oxygen atoms in total. The molecule has 0 spiro atoms. The molecular weight excluding hydrogens is 215 g/mol. The van der Waals surface area contributed by atoms with E-state index in [0.717, 1.165) is 3.58 Å². The maximum Gasteiger partial charge on any atom is 0.172 e. The zero-order valence-electron chi connectivity index (χ0n) is 4.23. The van der Waals surface area contributed by atoms with E-state index in [1.54, 1.807) is 0 Å². The fourth-order valence-corrected chi connectivity index (χ4v) is 0.946. The highest BCUT2D eigenvalue weighted by atomic mass is 127. The van der Waals surface area contributed by atoms with Gasteiger partial charge in [0.1, 0.15) is 0 Å². The smallest absolute Gasteiger partial charge is 0.172 e. The van der Waals surface area contributed by atoms with Gasteiger partial charge in [0.25, 0.3) is 0 Å². The van der Waals surface area contributed by atoms with Gasteiger partial charge in [0.15, 0.2) is 5.78 Å². The highest BCUT2D eigenvalue weighted by Crippen LogP contribution is 2.13. The van der Waals surface area contributed by atoms with Crippen LogP contribution < -0.4 is 0 Å². The van der Waals surface area contributed by atoms with Crippen molar-refractivity contribution in [1.29, 1.82) is 0 Å². The monoisotopic (exact) mass is 220 g/mol. The van der Waals surface area contributed by atoms with Crippen LogP contribution in [0.15, 0.2) is 21.8 Å². The number of Topliss-reactive ketones (excluding diaryl/α,β-unsaturated/α-hetero) is 1. The van der Waals surface area contributed by atoms with E-state index in [1.165, 1.54) is 0 Å². The van der Waals surface area contributed by atoms with Crippen LogP contribution in [0.25, 0.3) is 0 Å². The van der Waals surface area contributed by atoms with Crippen LogP contribution in [0.3, 0.4) is 0 Å². The summed E-state index contributed by atoms with van der Waals surface area (Å²) in [4.78, 5) is 10.7. The van der Waals surface area contributed by atoms with E-state index in [9.17, 15) is 4.79 Å². The van der Waals surface area contributed by atoms with Crippen molar-refractivity contribution in [1.82, 2.24) is 0 Å². The van der Waals surface area contributed by atoms with E-state index in [2.05, 4.69) is 0 Å². The van der Waals surface area contributed by atoms with Crippen molar-refractivity contribution >= 4 is 28.4 Å². The zero-order chi connectivity index (χ0) is 5.98. The number of rotatable bonds is 0. The number of halogens is 1. The molecule has 0 saturated carbocycles. The third-order valence-corrected chi connectivity index (χ3v) is 1.91. The molecule has 0 radical (unpaired) electrons. The van der Waals surface area contributed by atoms with Crippen LogP contribution in [0.1, 0.15) is 6.42 Å². The van der Waals surface area contributed by atoms with Gasteiger partial charge in [0.05, 0.1) is 3.58 Å². The molecule has 0 aromatic heterocycles. The van der Waals surface area contributed by atoms with E-state index in [4.69, 9.17) is 0 Å². The number of hydrogen-bond acceptors (Lipinski definition) is 1. The third-order valence-electron chi connectivity index (χ3n) is 0.948. The van der Waals surface area contributed by atoms with Crippen LogP contribution in [0.5, 0.6) is 0 Å². The average molecular weight is 220 g/mol. The summed E-state index contributed by atoms with van der Waals surface area (Å²) in [6, 6.07) is 0. The van der Waals surface area contributed by atoms with Crippen molar-refractivity contribution in [3.05, 3.63) is 21.8 Å². The van der Waals surface area contributed by atoms with Crippen LogP contribution in [-0.2, 0) is 4.79 Å². The highest BCUT2D eigenvalue weighted by Gasteiger charge is 2.04. The molecule has 1 aliphatic rings. The largest absolute Gasteiger partial charge is 0.293 e. The van der Waals surface area contributed by atoms with Crippen LogP contribution in [0.4, 0.5) is 0 Å². The summed E-state index contributed by atoms with van der Waals surface area (Å²) in [5, 5.41) is 0. The molecule has 0 aromatic rings. The predicted molar refractivity (Wildman–Crippen MR) is 40.9 cm³/mol. The summed E-state index contributed by atoms with van der Waals surface area (Å²) in [5.74, 6) is 0.230. The van der Waals surface area contributed by atoms with Crippen molar-refractivity contribution in [3.8, 4) is 0 Å². The van der Waals surface area contributed by atoms with E-state index in [0.29, 0.717) is 6.42 Å². The summed E-state index contributed by atoms with van der Waals surface area (Å²) in [6.45, 7) is 0. The Morgan fingerprint density at radius 3 is 2.75 bits per heavy atom. The molecule has 0 amide bonds. The normalized spacial score (nSPS) is 18.6. The van der Waals surface area contributed by atoms with Crippen molar-refractivity contribution < 1.29 is 4.79 Å². The first-order valence-corrected chi connectivity index (χ1v) is 3.44. The van der Waals surface area contributed by atoms with E-state index in [1.807, 2.05) is 40.8 Å². The second-order valence-corrected chi connectivity index (χ2v) is 2.73. The van der Waals surface area contributed by atoms with Gasteiger partial charge in [-0.2, -0.15) is 0 Å². The summed E-state index contributed by atoms with van der Waals surface area (Å²) >= 11 is 2.04. The Kier molecular flexibility index (Phi) is 1.83. The Balaban J connectivity index is 2.80. The lowest BCUT2D eigenvalue weighted by Gasteiger charge is -1.96. The first kappa shape index (κ1) is 6.01. The minimum absolute atomic E-state index is 0.230. The summed E-state index contributed by atoms with van der Waals surface area (Å²) in [7, 11) is 0. The third kappa shape index (κ3) is 1.18. The minimum Gasteiger partial charge on any atom is -0.293 e. The maximum absolute atomic E-state index is 10.7. The van der Waals surface area contributed by atoms with Gasteiger partial charge < -0.3 is 0 Å². The van der Waals surface area contributed by atoms with Gasteiger partial charge in [0.2, 0.25) is 0 Å². The molecule has 1 aliphatic carbocycles. The standard InChI is InChI=1S/C6H5IO/c7-5-3-1-2-4-6(5)8/h1-3H,4H2. The Morgan fingerprint density at radius 2 is 2.38 bits per heavy atom. The van der Waals surface area contributed by atoms with Crippen LogP contribution in [0.2, 0.25) is 0 Å². The highest BCUT2D eigenvalue weighted by molar-refractivity contribution is 14.1. The number of hydrogen-bond donors (Lipinski definition) is 0. The topological polar surface area (TPSA) is 17.1 Å². The van der Waals surface area contributed by atoms with E-state index in [-0.39, 0.29) is 5.78 Å². The maximum atomic E-state index is 10.7. The Morgan fingerprint density at radius 1 is 1.62 bits per heavy atom. The second kappa shape index (κ2) is 2.44. The molecule has 42 valence electrons. The van der Waals surface area contributed by atoms with Crippen molar-refractivity contribution in [3.63, 3.8) is 0 Å².